The Balaban J connectivity index is 2.06. The fraction of sp³-hybridized carbons (Fsp3) is 0.333. The Bertz CT molecular complexity index is 774. The van der Waals surface area contributed by atoms with Crippen LogP contribution in [0.2, 0.25) is 0 Å². The zero-order chi connectivity index (χ0) is 16.6. The molecule has 1 amide bonds. The third kappa shape index (κ3) is 2.94. The number of thioether (sulfide) groups is 1. The average molecular weight is 332 g/mol. The van der Waals surface area contributed by atoms with Gasteiger partial charge in [-0.25, -0.2) is 0 Å². The Morgan fingerprint density at radius 1 is 1.43 bits per heavy atom. The van der Waals surface area contributed by atoms with Gasteiger partial charge in [0.25, 0.3) is 5.91 Å². The van der Waals surface area contributed by atoms with E-state index in [1.54, 1.807) is 23.7 Å². The van der Waals surface area contributed by atoms with Gasteiger partial charge in [0.1, 0.15) is 6.20 Å². The molecular weight excluding hydrogens is 316 g/mol. The quantitative estimate of drug-likeness (QED) is 0.624. The Morgan fingerprint density at radius 2 is 2.17 bits per heavy atom. The number of nitrogens with zero attached hydrogens (tertiary/aromatic N) is 4. The molecule has 120 valence electrons. The standard InChI is InChI=1S/C15H16N4O3S/c1-10-7-18(11-5-3-4-6-13(11)23-9-10)15(20)14-12(19(21)22)8-17(2)16-14/h3-6,8,10H,7,9H2,1-2H3. The molecule has 1 aromatic carbocycles. The fourth-order valence-electron chi connectivity index (χ4n) is 2.58. The van der Waals surface area contributed by atoms with E-state index in [1.807, 2.05) is 24.3 Å². The highest BCUT2D eigenvalue weighted by Crippen LogP contribution is 2.36. The molecule has 0 bridgehead atoms. The number of nitro groups is 1. The largest absolute Gasteiger partial charge is 0.320 e. The third-order valence-electron chi connectivity index (χ3n) is 3.63. The lowest BCUT2D eigenvalue weighted by Crippen LogP contribution is -2.35. The zero-order valence-corrected chi connectivity index (χ0v) is 13.6. The number of fused-ring (bicyclic) bond motifs is 1. The summed E-state index contributed by atoms with van der Waals surface area (Å²) in [4.78, 5) is 26.2. The van der Waals surface area contributed by atoms with Gasteiger partial charge in [-0.3, -0.25) is 19.6 Å². The molecule has 1 aliphatic heterocycles. The highest BCUT2D eigenvalue weighted by Gasteiger charge is 2.32. The molecule has 1 atom stereocenters. The summed E-state index contributed by atoms with van der Waals surface area (Å²) >= 11 is 1.70. The van der Waals surface area contributed by atoms with Crippen LogP contribution in [0.15, 0.2) is 35.4 Å². The summed E-state index contributed by atoms with van der Waals surface area (Å²) in [6, 6.07) is 7.62. The normalized spacial score (nSPS) is 17.5. The van der Waals surface area contributed by atoms with Gasteiger partial charge in [0.05, 0.1) is 10.6 Å². The number of carbonyl (C=O) groups excluding carboxylic acids is 1. The summed E-state index contributed by atoms with van der Waals surface area (Å²) in [5, 5.41) is 15.2. The monoisotopic (exact) mass is 332 g/mol. The predicted octanol–water partition coefficient (Wildman–Crippen LogP) is 2.72. The lowest BCUT2D eigenvalue weighted by Gasteiger charge is -2.23. The van der Waals surface area contributed by atoms with Gasteiger partial charge in [0.2, 0.25) is 5.69 Å². The van der Waals surface area contributed by atoms with Crippen molar-refractivity contribution in [1.82, 2.24) is 9.78 Å². The summed E-state index contributed by atoms with van der Waals surface area (Å²) < 4.78 is 1.30. The van der Waals surface area contributed by atoms with E-state index in [9.17, 15) is 14.9 Å². The molecule has 2 heterocycles. The molecule has 8 heteroatoms. The van der Waals surface area contributed by atoms with Crippen molar-refractivity contribution in [2.45, 2.75) is 11.8 Å². The number of hydrogen-bond acceptors (Lipinski definition) is 5. The van der Waals surface area contributed by atoms with Crippen LogP contribution in [0.4, 0.5) is 11.4 Å². The number of carbonyl (C=O) groups is 1. The summed E-state index contributed by atoms with van der Waals surface area (Å²) in [5.74, 6) is 0.740. The topological polar surface area (TPSA) is 81.3 Å². The molecule has 0 saturated carbocycles. The Morgan fingerprint density at radius 3 is 2.91 bits per heavy atom. The number of benzene rings is 1. The van der Waals surface area contributed by atoms with Crippen molar-refractivity contribution in [1.29, 1.82) is 0 Å². The SMILES string of the molecule is CC1CSc2ccccc2N(C(=O)c2nn(C)cc2[N+](=O)[O-])C1. The fourth-order valence-corrected chi connectivity index (χ4v) is 3.65. The highest BCUT2D eigenvalue weighted by molar-refractivity contribution is 7.99. The highest BCUT2D eigenvalue weighted by atomic mass is 32.2. The maximum Gasteiger partial charge on any atom is 0.320 e. The minimum Gasteiger partial charge on any atom is -0.305 e. The summed E-state index contributed by atoms with van der Waals surface area (Å²) in [6.45, 7) is 2.57. The molecule has 1 aromatic heterocycles. The van der Waals surface area contributed by atoms with Crippen LogP contribution in [0.25, 0.3) is 0 Å². The molecule has 1 aliphatic rings. The molecule has 0 spiro atoms. The van der Waals surface area contributed by atoms with E-state index < -0.39 is 10.8 Å². The van der Waals surface area contributed by atoms with E-state index in [0.29, 0.717) is 6.54 Å². The number of aryl methyl sites for hydroxylation is 1. The molecule has 2 aromatic rings. The van der Waals surface area contributed by atoms with Gasteiger partial charge in [0, 0.05) is 24.2 Å². The summed E-state index contributed by atoms with van der Waals surface area (Å²) in [7, 11) is 1.57. The third-order valence-corrected chi connectivity index (χ3v) is 5.02. The Kier molecular flexibility index (Phi) is 4.08. The minimum atomic E-state index is -0.567. The Labute approximate surface area is 137 Å². The van der Waals surface area contributed by atoms with Crippen LogP contribution in [-0.4, -0.2) is 32.9 Å². The molecule has 0 N–H and O–H groups in total. The van der Waals surface area contributed by atoms with Gasteiger partial charge in [-0.2, -0.15) is 5.10 Å². The number of anilines is 1. The van der Waals surface area contributed by atoms with Gasteiger partial charge >= 0.3 is 5.69 Å². The van der Waals surface area contributed by atoms with Crippen LogP contribution in [0, 0.1) is 16.0 Å². The first-order chi connectivity index (χ1) is 11.0. The number of aromatic nitrogens is 2. The van der Waals surface area contributed by atoms with Crippen molar-refractivity contribution in [3.8, 4) is 0 Å². The molecule has 23 heavy (non-hydrogen) atoms. The molecular formula is C15H16N4O3S. The second-order valence-electron chi connectivity index (χ2n) is 5.59. The minimum absolute atomic E-state index is 0.119. The first-order valence-corrected chi connectivity index (χ1v) is 8.17. The van der Waals surface area contributed by atoms with Gasteiger partial charge in [0.15, 0.2) is 0 Å². The molecule has 3 rings (SSSR count). The van der Waals surface area contributed by atoms with Crippen molar-refractivity contribution in [2.24, 2.45) is 13.0 Å². The maximum atomic E-state index is 12.9. The van der Waals surface area contributed by atoms with Crippen molar-refractivity contribution >= 4 is 29.0 Å². The molecule has 0 radical (unpaired) electrons. The number of hydrogen-bond donors (Lipinski definition) is 0. The van der Waals surface area contributed by atoms with E-state index >= 15 is 0 Å². The van der Waals surface area contributed by atoms with Crippen LogP contribution in [0.1, 0.15) is 17.4 Å². The van der Waals surface area contributed by atoms with E-state index in [1.165, 1.54) is 10.9 Å². The summed E-state index contributed by atoms with van der Waals surface area (Å²) in [6.07, 6.45) is 1.26. The number of para-hydroxylation sites is 1. The van der Waals surface area contributed by atoms with Crippen LogP contribution >= 0.6 is 11.8 Å². The van der Waals surface area contributed by atoms with Gasteiger partial charge < -0.3 is 4.90 Å². The van der Waals surface area contributed by atoms with E-state index in [-0.39, 0.29) is 17.3 Å². The lowest BCUT2D eigenvalue weighted by molar-refractivity contribution is -0.385. The number of amides is 1. The van der Waals surface area contributed by atoms with Crippen molar-refractivity contribution in [3.63, 3.8) is 0 Å². The zero-order valence-electron chi connectivity index (χ0n) is 12.8. The van der Waals surface area contributed by atoms with Crippen molar-refractivity contribution in [2.75, 3.05) is 17.2 Å². The predicted molar refractivity (Wildman–Crippen MR) is 87.9 cm³/mol. The first-order valence-electron chi connectivity index (χ1n) is 7.19. The van der Waals surface area contributed by atoms with E-state index in [0.717, 1.165) is 16.3 Å². The first kappa shape index (κ1) is 15.5. The summed E-state index contributed by atoms with van der Waals surface area (Å²) in [5.41, 5.74) is 0.401. The van der Waals surface area contributed by atoms with Crippen LogP contribution in [0.5, 0.6) is 0 Å². The van der Waals surface area contributed by atoms with Crippen molar-refractivity contribution < 1.29 is 9.72 Å². The van der Waals surface area contributed by atoms with Gasteiger partial charge in [-0.05, 0) is 18.1 Å². The van der Waals surface area contributed by atoms with Gasteiger partial charge in [-0.15, -0.1) is 11.8 Å². The lowest BCUT2D eigenvalue weighted by atomic mass is 10.1. The molecule has 0 aliphatic carbocycles. The van der Waals surface area contributed by atoms with E-state index in [2.05, 4.69) is 12.0 Å². The van der Waals surface area contributed by atoms with Gasteiger partial charge in [-0.1, -0.05) is 19.1 Å². The molecule has 1 unspecified atom stereocenters. The van der Waals surface area contributed by atoms with Crippen LogP contribution in [-0.2, 0) is 7.05 Å². The van der Waals surface area contributed by atoms with E-state index in [4.69, 9.17) is 0 Å². The second-order valence-corrected chi connectivity index (χ2v) is 6.66. The van der Waals surface area contributed by atoms with Crippen LogP contribution in [0.3, 0.4) is 0 Å². The maximum absolute atomic E-state index is 12.9. The smallest absolute Gasteiger partial charge is 0.305 e. The second kappa shape index (κ2) is 6.04. The molecule has 7 nitrogen and oxygen atoms in total. The Hall–Kier alpha value is -2.35. The molecule has 0 saturated heterocycles. The average Bonchev–Trinajstić information content (AvgIpc) is 2.84. The van der Waals surface area contributed by atoms with Crippen LogP contribution < -0.4 is 4.90 Å². The van der Waals surface area contributed by atoms with Crippen molar-refractivity contribution in [3.05, 3.63) is 46.3 Å². The molecule has 0 fully saturated rings. The number of rotatable bonds is 2.